The molecule has 0 saturated carbocycles. The summed E-state index contributed by atoms with van der Waals surface area (Å²) in [6, 6.07) is 14.3. The minimum absolute atomic E-state index is 0.0325. The number of aromatic nitrogens is 3. The monoisotopic (exact) mass is 433 g/mol. The molecule has 166 valence electrons. The van der Waals surface area contributed by atoms with Crippen molar-refractivity contribution in [3.63, 3.8) is 0 Å². The zero-order valence-electron chi connectivity index (χ0n) is 18.1. The van der Waals surface area contributed by atoms with Crippen molar-refractivity contribution in [2.45, 2.75) is 44.7 Å². The minimum Gasteiger partial charge on any atom is -0.328 e. The summed E-state index contributed by atoms with van der Waals surface area (Å²) in [5.41, 5.74) is 2.92. The Morgan fingerprint density at radius 1 is 0.969 bits per heavy atom. The van der Waals surface area contributed by atoms with E-state index in [1.54, 1.807) is 12.1 Å². The summed E-state index contributed by atoms with van der Waals surface area (Å²) in [5, 5.41) is 7.39. The van der Waals surface area contributed by atoms with E-state index in [-0.39, 0.29) is 17.8 Å². The third-order valence-electron chi connectivity index (χ3n) is 6.45. The maximum atomic E-state index is 13.2. The van der Waals surface area contributed by atoms with Crippen molar-refractivity contribution in [3.05, 3.63) is 82.7 Å². The molecule has 3 aromatic rings. The molecule has 0 radical (unpaired) electrons. The summed E-state index contributed by atoms with van der Waals surface area (Å²) in [4.78, 5) is 22.2. The highest BCUT2D eigenvalue weighted by Crippen LogP contribution is 2.31. The van der Waals surface area contributed by atoms with Gasteiger partial charge in [-0.1, -0.05) is 24.3 Å². The molecule has 2 aromatic carbocycles. The first-order chi connectivity index (χ1) is 15.7. The number of rotatable bonds is 6. The van der Waals surface area contributed by atoms with Crippen LogP contribution in [0.1, 0.15) is 64.9 Å². The first-order valence-electron chi connectivity index (χ1n) is 11.4. The highest BCUT2D eigenvalue weighted by Gasteiger charge is 2.33. The number of benzene rings is 2. The second kappa shape index (κ2) is 9.20. The molecule has 6 nitrogen and oxygen atoms in total. The molecule has 32 heavy (non-hydrogen) atoms. The molecule has 1 aromatic heterocycles. The zero-order chi connectivity index (χ0) is 21.9. The van der Waals surface area contributed by atoms with Crippen molar-refractivity contribution in [2.24, 2.45) is 0 Å². The quantitative estimate of drug-likeness (QED) is 0.636. The van der Waals surface area contributed by atoms with Crippen LogP contribution >= 0.6 is 0 Å². The fraction of sp³-hybridized carbons (Fsp3) is 0.400. The number of halogens is 1. The molecule has 2 fully saturated rings. The third-order valence-corrected chi connectivity index (χ3v) is 6.45. The van der Waals surface area contributed by atoms with Gasteiger partial charge < -0.3 is 4.90 Å². The Labute approximate surface area is 187 Å². The van der Waals surface area contributed by atoms with Crippen molar-refractivity contribution in [1.82, 2.24) is 25.0 Å². The van der Waals surface area contributed by atoms with E-state index in [4.69, 9.17) is 0 Å². The lowest BCUT2D eigenvalue weighted by Gasteiger charge is -2.23. The lowest BCUT2D eigenvalue weighted by molar-refractivity contribution is 0.0730. The van der Waals surface area contributed by atoms with E-state index in [9.17, 15) is 9.18 Å². The van der Waals surface area contributed by atoms with Crippen LogP contribution in [0.15, 0.2) is 48.5 Å². The van der Waals surface area contributed by atoms with Crippen molar-refractivity contribution in [1.29, 1.82) is 0 Å². The maximum Gasteiger partial charge on any atom is 0.254 e. The van der Waals surface area contributed by atoms with Gasteiger partial charge in [-0.05, 0) is 74.2 Å². The van der Waals surface area contributed by atoms with E-state index in [0.29, 0.717) is 24.4 Å². The van der Waals surface area contributed by atoms with Gasteiger partial charge in [-0.25, -0.2) is 9.37 Å². The van der Waals surface area contributed by atoms with Gasteiger partial charge in [-0.3, -0.25) is 14.8 Å². The highest BCUT2D eigenvalue weighted by molar-refractivity contribution is 5.94. The van der Waals surface area contributed by atoms with E-state index >= 15 is 0 Å². The molecule has 3 heterocycles. The molecular weight excluding hydrogens is 405 g/mol. The normalized spacial score (nSPS) is 19.0. The van der Waals surface area contributed by atoms with Crippen LogP contribution in [-0.2, 0) is 13.0 Å². The van der Waals surface area contributed by atoms with Gasteiger partial charge in [0.05, 0.1) is 6.04 Å². The first kappa shape index (κ1) is 20.8. The number of hydrogen-bond acceptors (Lipinski definition) is 4. The molecule has 1 amide bonds. The molecule has 1 atom stereocenters. The SMILES string of the molecule is O=C(c1ccc(CN2CCCC2)cc1)N1CCCC1c1n[nH]c(Cc2ccc(F)cc2)n1. The average molecular weight is 434 g/mol. The largest absolute Gasteiger partial charge is 0.328 e. The zero-order valence-corrected chi connectivity index (χ0v) is 18.1. The van der Waals surface area contributed by atoms with Gasteiger partial charge in [0.15, 0.2) is 5.82 Å². The molecule has 2 aliphatic heterocycles. The van der Waals surface area contributed by atoms with E-state index < -0.39 is 0 Å². The van der Waals surface area contributed by atoms with Crippen LogP contribution in [-0.4, -0.2) is 50.5 Å². The molecule has 7 heteroatoms. The van der Waals surface area contributed by atoms with E-state index in [2.05, 4.69) is 32.2 Å². The smallest absolute Gasteiger partial charge is 0.254 e. The molecule has 0 spiro atoms. The van der Waals surface area contributed by atoms with Gasteiger partial charge in [0.25, 0.3) is 5.91 Å². The number of carbonyl (C=O) groups excluding carboxylic acids is 1. The van der Waals surface area contributed by atoms with Crippen molar-refractivity contribution < 1.29 is 9.18 Å². The number of amides is 1. The summed E-state index contributed by atoms with van der Waals surface area (Å²) in [5.74, 6) is 1.15. The number of H-pyrrole nitrogens is 1. The summed E-state index contributed by atoms with van der Waals surface area (Å²) in [6.07, 6.45) is 4.89. The summed E-state index contributed by atoms with van der Waals surface area (Å²) in [7, 11) is 0. The first-order valence-corrected chi connectivity index (χ1v) is 11.4. The molecule has 2 aliphatic rings. The molecular formula is C25H28FN5O. The number of hydrogen-bond donors (Lipinski definition) is 1. The Bertz CT molecular complexity index is 1060. The average Bonchev–Trinajstić information content (AvgIpc) is 3.57. The Balaban J connectivity index is 1.25. The van der Waals surface area contributed by atoms with Gasteiger partial charge in [0, 0.05) is 25.1 Å². The van der Waals surface area contributed by atoms with Crippen molar-refractivity contribution in [3.8, 4) is 0 Å². The molecule has 1 unspecified atom stereocenters. The lowest BCUT2D eigenvalue weighted by atomic mass is 10.1. The van der Waals surface area contributed by atoms with E-state index in [1.165, 1.54) is 30.5 Å². The predicted octanol–water partition coefficient (Wildman–Crippen LogP) is 4.11. The fourth-order valence-electron chi connectivity index (χ4n) is 4.73. The number of aromatic amines is 1. The van der Waals surface area contributed by atoms with Crippen LogP contribution in [0.3, 0.4) is 0 Å². The topological polar surface area (TPSA) is 65.1 Å². The molecule has 0 bridgehead atoms. The number of likely N-dealkylation sites (tertiary alicyclic amines) is 2. The standard InChI is InChI=1S/C25H28FN5O/c26-21-11-7-18(8-12-21)16-23-27-24(29-28-23)22-4-3-15-31(22)25(32)20-9-5-19(6-10-20)17-30-13-1-2-14-30/h5-12,22H,1-4,13-17H2,(H,27,28,29). The number of nitrogens with zero attached hydrogens (tertiary/aromatic N) is 4. The van der Waals surface area contributed by atoms with Crippen LogP contribution in [0.5, 0.6) is 0 Å². The molecule has 1 N–H and O–H groups in total. The second-order valence-electron chi connectivity index (χ2n) is 8.78. The van der Waals surface area contributed by atoms with Crippen molar-refractivity contribution in [2.75, 3.05) is 19.6 Å². The summed E-state index contributed by atoms with van der Waals surface area (Å²) >= 11 is 0. The third kappa shape index (κ3) is 4.58. The molecule has 2 saturated heterocycles. The van der Waals surface area contributed by atoms with Gasteiger partial charge in [-0.15, -0.1) is 0 Å². The Hall–Kier alpha value is -3.06. The van der Waals surface area contributed by atoms with Crippen LogP contribution in [0.25, 0.3) is 0 Å². The van der Waals surface area contributed by atoms with E-state index in [1.807, 2.05) is 17.0 Å². The van der Waals surface area contributed by atoms with Gasteiger partial charge in [0.2, 0.25) is 0 Å². The van der Waals surface area contributed by atoms with Gasteiger partial charge in [0.1, 0.15) is 11.6 Å². The summed E-state index contributed by atoms with van der Waals surface area (Å²) < 4.78 is 13.1. The minimum atomic E-state index is -0.254. The van der Waals surface area contributed by atoms with Gasteiger partial charge >= 0.3 is 0 Å². The second-order valence-corrected chi connectivity index (χ2v) is 8.78. The van der Waals surface area contributed by atoms with Gasteiger partial charge in [-0.2, -0.15) is 5.10 Å². The highest BCUT2D eigenvalue weighted by atomic mass is 19.1. The van der Waals surface area contributed by atoms with Crippen LogP contribution in [0.4, 0.5) is 4.39 Å². The Morgan fingerprint density at radius 3 is 2.44 bits per heavy atom. The predicted molar refractivity (Wildman–Crippen MR) is 120 cm³/mol. The Morgan fingerprint density at radius 2 is 1.69 bits per heavy atom. The number of nitrogens with one attached hydrogen (secondary N) is 1. The molecule has 0 aliphatic carbocycles. The van der Waals surface area contributed by atoms with Crippen LogP contribution < -0.4 is 0 Å². The lowest BCUT2D eigenvalue weighted by Crippen LogP contribution is -2.31. The fourth-order valence-corrected chi connectivity index (χ4v) is 4.73. The van der Waals surface area contributed by atoms with Crippen molar-refractivity contribution >= 4 is 5.91 Å². The van der Waals surface area contributed by atoms with Crippen LogP contribution in [0.2, 0.25) is 0 Å². The number of carbonyl (C=O) groups is 1. The van der Waals surface area contributed by atoms with E-state index in [0.717, 1.165) is 43.9 Å². The summed E-state index contributed by atoms with van der Waals surface area (Å²) in [6.45, 7) is 3.99. The maximum absolute atomic E-state index is 13.2. The Kier molecular flexibility index (Phi) is 5.99. The van der Waals surface area contributed by atoms with Crippen LogP contribution in [0, 0.1) is 5.82 Å². The molecule has 5 rings (SSSR count).